The molecule has 3 heterocycles. The zero-order chi connectivity index (χ0) is 10.4. The van der Waals surface area contributed by atoms with Gasteiger partial charge in [0.05, 0.1) is 4.88 Å². The van der Waals surface area contributed by atoms with E-state index < -0.39 is 0 Å². The molecular weight excluding hydrogens is 212 g/mol. The first-order valence-corrected chi connectivity index (χ1v) is 5.80. The number of nitrogens with zero attached hydrogens (tertiary/aromatic N) is 1. The summed E-state index contributed by atoms with van der Waals surface area (Å²) in [5.41, 5.74) is 0.968. The highest BCUT2D eigenvalue weighted by atomic mass is 32.1. The second kappa shape index (κ2) is 3.06. The van der Waals surface area contributed by atoms with Crippen LogP contribution in [0, 0.1) is 0 Å². The Bertz CT molecular complexity index is 440. The van der Waals surface area contributed by atoms with Crippen molar-refractivity contribution in [2.24, 2.45) is 0 Å². The van der Waals surface area contributed by atoms with Gasteiger partial charge in [-0.2, -0.15) is 0 Å². The Kier molecular flexibility index (Phi) is 1.82. The second-order valence-corrected chi connectivity index (χ2v) is 4.74. The summed E-state index contributed by atoms with van der Waals surface area (Å²) in [5, 5.41) is 4.78. The van der Waals surface area contributed by atoms with E-state index in [2.05, 4.69) is 5.32 Å². The third kappa shape index (κ3) is 1.26. The van der Waals surface area contributed by atoms with E-state index in [-0.39, 0.29) is 18.0 Å². The number of amides is 2. The summed E-state index contributed by atoms with van der Waals surface area (Å²) in [7, 11) is 0. The molecular formula is C10H10N2O2S. The van der Waals surface area contributed by atoms with Crippen molar-refractivity contribution in [2.45, 2.75) is 25.6 Å². The number of thiophene rings is 1. The largest absolute Gasteiger partial charge is 0.331 e. The number of hydrogen-bond donors (Lipinski definition) is 1. The standard InChI is InChI=1S/C10H10N2O2S/c13-8-2-1-7-11-10(14)9-6(3-4-15-9)5-12(7)8/h3-4,7H,1-2,5H2,(H,11,14). The average molecular weight is 222 g/mol. The first kappa shape index (κ1) is 8.91. The highest BCUT2D eigenvalue weighted by molar-refractivity contribution is 7.12. The summed E-state index contributed by atoms with van der Waals surface area (Å²) >= 11 is 1.44. The van der Waals surface area contributed by atoms with Crippen molar-refractivity contribution in [1.29, 1.82) is 0 Å². The number of carbonyl (C=O) groups excluding carboxylic acids is 2. The van der Waals surface area contributed by atoms with E-state index in [1.807, 2.05) is 11.4 Å². The van der Waals surface area contributed by atoms with Crippen LogP contribution in [0.1, 0.15) is 28.1 Å². The van der Waals surface area contributed by atoms with Crippen LogP contribution in [0.5, 0.6) is 0 Å². The van der Waals surface area contributed by atoms with E-state index in [4.69, 9.17) is 0 Å². The lowest BCUT2D eigenvalue weighted by Crippen LogP contribution is -2.42. The van der Waals surface area contributed by atoms with Crippen LogP contribution < -0.4 is 5.32 Å². The molecule has 1 saturated heterocycles. The number of rotatable bonds is 0. The molecule has 1 aromatic rings. The minimum atomic E-state index is -0.0930. The minimum Gasteiger partial charge on any atom is -0.331 e. The van der Waals surface area contributed by atoms with Crippen molar-refractivity contribution >= 4 is 23.2 Å². The maximum Gasteiger partial charge on any atom is 0.263 e. The van der Waals surface area contributed by atoms with Gasteiger partial charge in [0.25, 0.3) is 5.91 Å². The molecule has 3 rings (SSSR count). The summed E-state index contributed by atoms with van der Waals surface area (Å²) in [6.45, 7) is 0.571. The summed E-state index contributed by atoms with van der Waals surface area (Å²) < 4.78 is 0. The van der Waals surface area contributed by atoms with Gasteiger partial charge < -0.3 is 10.2 Å². The van der Waals surface area contributed by atoms with Crippen LogP contribution in [-0.2, 0) is 11.3 Å². The molecule has 2 aliphatic rings. The van der Waals surface area contributed by atoms with Gasteiger partial charge in [-0.15, -0.1) is 11.3 Å². The van der Waals surface area contributed by atoms with Gasteiger partial charge in [-0.05, 0) is 23.4 Å². The number of fused-ring (bicyclic) bond motifs is 2. The van der Waals surface area contributed by atoms with Crippen molar-refractivity contribution in [3.63, 3.8) is 0 Å². The topological polar surface area (TPSA) is 49.4 Å². The van der Waals surface area contributed by atoms with Gasteiger partial charge in [0, 0.05) is 13.0 Å². The van der Waals surface area contributed by atoms with Crippen LogP contribution in [0.4, 0.5) is 0 Å². The van der Waals surface area contributed by atoms with Crippen molar-refractivity contribution < 1.29 is 9.59 Å². The zero-order valence-electron chi connectivity index (χ0n) is 8.03. The first-order valence-electron chi connectivity index (χ1n) is 4.92. The molecule has 0 radical (unpaired) electrons. The molecule has 4 nitrogen and oxygen atoms in total. The Morgan fingerprint density at radius 2 is 2.33 bits per heavy atom. The van der Waals surface area contributed by atoms with Crippen molar-refractivity contribution in [3.8, 4) is 0 Å². The maximum atomic E-state index is 11.8. The third-order valence-electron chi connectivity index (χ3n) is 2.92. The molecule has 0 aromatic carbocycles. The van der Waals surface area contributed by atoms with Gasteiger partial charge in [-0.3, -0.25) is 9.59 Å². The smallest absolute Gasteiger partial charge is 0.263 e. The van der Waals surface area contributed by atoms with E-state index in [1.165, 1.54) is 11.3 Å². The van der Waals surface area contributed by atoms with Gasteiger partial charge in [0.15, 0.2) is 0 Å². The molecule has 1 fully saturated rings. The van der Waals surface area contributed by atoms with Gasteiger partial charge in [-0.25, -0.2) is 0 Å². The third-order valence-corrected chi connectivity index (χ3v) is 3.88. The fraction of sp³-hybridized carbons (Fsp3) is 0.400. The van der Waals surface area contributed by atoms with Crippen LogP contribution in [0.2, 0.25) is 0 Å². The molecule has 15 heavy (non-hydrogen) atoms. The monoisotopic (exact) mass is 222 g/mol. The van der Waals surface area contributed by atoms with E-state index in [9.17, 15) is 9.59 Å². The van der Waals surface area contributed by atoms with Gasteiger partial charge in [-0.1, -0.05) is 0 Å². The Morgan fingerprint density at radius 3 is 3.20 bits per heavy atom. The number of nitrogens with one attached hydrogen (secondary N) is 1. The highest BCUT2D eigenvalue weighted by Gasteiger charge is 2.35. The minimum absolute atomic E-state index is 0.0396. The predicted molar refractivity (Wildman–Crippen MR) is 55.4 cm³/mol. The molecule has 78 valence electrons. The van der Waals surface area contributed by atoms with Gasteiger partial charge in [0.1, 0.15) is 6.17 Å². The fourth-order valence-electron chi connectivity index (χ4n) is 2.14. The Balaban J connectivity index is 2.02. The highest BCUT2D eigenvalue weighted by Crippen LogP contribution is 2.27. The Hall–Kier alpha value is -1.36. The molecule has 2 amide bonds. The molecule has 0 saturated carbocycles. The fourth-order valence-corrected chi connectivity index (χ4v) is 2.96. The SMILES string of the molecule is O=C1NC2CCC(=O)N2Cc2ccsc21. The average Bonchev–Trinajstić information content (AvgIpc) is 2.76. The lowest BCUT2D eigenvalue weighted by Gasteiger charge is -2.21. The first-order chi connectivity index (χ1) is 7.25. The molecule has 1 unspecified atom stereocenters. The summed E-state index contributed by atoms with van der Waals surface area (Å²) in [6, 6.07) is 1.92. The quantitative estimate of drug-likeness (QED) is 0.710. The van der Waals surface area contributed by atoms with Gasteiger partial charge in [0.2, 0.25) is 5.91 Å². The molecule has 1 N–H and O–H groups in total. The van der Waals surface area contributed by atoms with Crippen LogP contribution in [-0.4, -0.2) is 22.9 Å². The maximum absolute atomic E-state index is 11.8. The van der Waals surface area contributed by atoms with E-state index in [1.54, 1.807) is 4.90 Å². The van der Waals surface area contributed by atoms with Crippen molar-refractivity contribution in [2.75, 3.05) is 0 Å². The van der Waals surface area contributed by atoms with Crippen LogP contribution in [0.15, 0.2) is 11.4 Å². The van der Waals surface area contributed by atoms with Crippen LogP contribution in [0.3, 0.4) is 0 Å². The van der Waals surface area contributed by atoms with E-state index in [0.717, 1.165) is 16.9 Å². The molecule has 2 aliphatic heterocycles. The van der Waals surface area contributed by atoms with Crippen LogP contribution >= 0.6 is 11.3 Å². The normalized spacial score (nSPS) is 24.5. The molecule has 0 spiro atoms. The Morgan fingerprint density at radius 1 is 1.47 bits per heavy atom. The number of carbonyl (C=O) groups is 2. The van der Waals surface area contributed by atoms with Crippen molar-refractivity contribution in [1.82, 2.24) is 10.2 Å². The summed E-state index contributed by atoms with van der Waals surface area (Å²) in [6.07, 6.45) is 1.19. The Labute approximate surface area is 90.9 Å². The van der Waals surface area contributed by atoms with Gasteiger partial charge >= 0.3 is 0 Å². The van der Waals surface area contributed by atoms with E-state index >= 15 is 0 Å². The van der Waals surface area contributed by atoms with E-state index in [0.29, 0.717) is 13.0 Å². The lowest BCUT2D eigenvalue weighted by atomic mass is 10.2. The molecule has 1 atom stereocenters. The van der Waals surface area contributed by atoms with Crippen LogP contribution in [0.25, 0.3) is 0 Å². The number of hydrogen-bond acceptors (Lipinski definition) is 3. The zero-order valence-corrected chi connectivity index (χ0v) is 8.84. The predicted octanol–water partition coefficient (Wildman–Crippen LogP) is 0.940. The molecule has 0 bridgehead atoms. The molecule has 0 aliphatic carbocycles. The molecule has 5 heteroatoms. The summed E-state index contributed by atoms with van der Waals surface area (Å²) in [4.78, 5) is 25.9. The summed E-state index contributed by atoms with van der Waals surface area (Å²) in [5.74, 6) is 0.0987. The second-order valence-electron chi connectivity index (χ2n) is 3.82. The molecule has 1 aromatic heterocycles. The van der Waals surface area contributed by atoms with Crippen molar-refractivity contribution in [3.05, 3.63) is 21.9 Å². The lowest BCUT2D eigenvalue weighted by molar-refractivity contribution is -0.129.